The third kappa shape index (κ3) is 4.28. The van der Waals surface area contributed by atoms with Crippen molar-refractivity contribution in [3.8, 4) is 0 Å². The van der Waals surface area contributed by atoms with E-state index in [1.54, 1.807) is 0 Å². The monoisotopic (exact) mass is 390 g/mol. The molecule has 0 radical (unpaired) electrons. The van der Waals surface area contributed by atoms with E-state index in [1.165, 1.54) is 43.1 Å². The molecule has 0 nitrogen and oxygen atoms in total. The van der Waals surface area contributed by atoms with E-state index >= 15 is 0 Å². The lowest BCUT2D eigenvalue weighted by Gasteiger charge is -2.09. The summed E-state index contributed by atoms with van der Waals surface area (Å²) in [5.41, 5.74) is 0. The number of rotatable bonds is 0. The van der Waals surface area contributed by atoms with Crippen molar-refractivity contribution in [2.75, 3.05) is 0 Å². The van der Waals surface area contributed by atoms with Gasteiger partial charge in [-0.2, -0.15) is 0 Å². The molecule has 6 rings (SSSR count). The Kier molecular flexibility index (Phi) is 7.40. The fraction of sp³-hybridized carbons (Fsp3) is 0.133. The van der Waals surface area contributed by atoms with Crippen LogP contribution in [-0.4, -0.2) is 0 Å². The maximum absolute atomic E-state index is 2.21. The molecule has 6 aromatic rings. The normalized spacial score (nSPS) is 10.0. The van der Waals surface area contributed by atoms with Crippen LogP contribution in [0, 0.1) is 0 Å². The molecule has 0 aliphatic heterocycles. The predicted octanol–water partition coefficient (Wildman–Crippen LogP) is 9.48. The summed E-state index contributed by atoms with van der Waals surface area (Å²) in [4.78, 5) is 0. The van der Waals surface area contributed by atoms with Gasteiger partial charge in [-0.05, 0) is 43.1 Å². The minimum Gasteiger partial charge on any atom is -0.0683 e. The average molecular weight is 391 g/mol. The molecule has 0 amide bonds. The first kappa shape index (κ1) is 21.3. The zero-order chi connectivity index (χ0) is 21.3. The number of hydrogen-bond acceptors (Lipinski definition) is 0. The average Bonchev–Trinajstić information content (AvgIpc) is 2.86. The molecule has 0 unspecified atom stereocenters. The van der Waals surface area contributed by atoms with Crippen molar-refractivity contribution in [3.63, 3.8) is 0 Å². The third-order valence-electron chi connectivity index (χ3n) is 5.05. The second-order valence-corrected chi connectivity index (χ2v) is 6.64. The molecule has 0 heterocycles. The van der Waals surface area contributed by atoms with E-state index in [1.807, 2.05) is 27.7 Å². The number of benzene rings is 6. The van der Waals surface area contributed by atoms with Crippen LogP contribution in [0.3, 0.4) is 0 Å². The van der Waals surface area contributed by atoms with Crippen LogP contribution in [-0.2, 0) is 0 Å². The Bertz CT molecular complexity index is 1130. The molecule has 0 fully saturated rings. The fourth-order valence-electron chi connectivity index (χ4n) is 3.80. The standard InChI is InChI=1S/C16H10.C10H8.2C2H6/c1-3-11-7-9-13-5-2-6-14-10-8-12(4-1)15(11)16(13)14;1-2-6-10-8-4-3-7-9(10)5-1;2*1-2/h1-10H;1-8H;2*1-2H3. The first-order valence-electron chi connectivity index (χ1n) is 11.0. The molecule has 0 N–H and O–H groups in total. The lowest BCUT2D eigenvalue weighted by Crippen LogP contribution is -1.82. The van der Waals surface area contributed by atoms with Gasteiger partial charge in [-0.15, -0.1) is 0 Å². The Morgan fingerprint density at radius 2 is 0.500 bits per heavy atom. The maximum Gasteiger partial charge on any atom is -0.00268 e. The summed E-state index contributed by atoms with van der Waals surface area (Å²) in [6, 6.07) is 38.6. The molecule has 0 spiro atoms. The van der Waals surface area contributed by atoms with Gasteiger partial charge in [0, 0.05) is 0 Å². The van der Waals surface area contributed by atoms with Gasteiger partial charge in [0.15, 0.2) is 0 Å². The van der Waals surface area contributed by atoms with Crippen molar-refractivity contribution < 1.29 is 0 Å². The lowest BCUT2D eigenvalue weighted by atomic mass is 9.95. The van der Waals surface area contributed by atoms with Gasteiger partial charge in [0.05, 0.1) is 0 Å². The second-order valence-electron chi connectivity index (χ2n) is 6.64. The van der Waals surface area contributed by atoms with Crippen LogP contribution in [0.5, 0.6) is 0 Å². The minimum atomic E-state index is 1.31. The van der Waals surface area contributed by atoms with E-state index in [9.17, 15) is 0 Å². The molecule has 0 bridgehead atoms. The van der Waals surface area contributed by atoms with Gasteiger partial charge in [0.25, 0.3) is 0 Å². The number of fused-ring (bicyclic) bond motifs is 1. The molecule has 150 valence electrons. The highest BCUT2D eigenvalue weighted by molar-refractivity contribution is 6.22. The zero-order valence-corrected chi connectivity index (χ0v) is 18.4. The van der Waals surface area contributed by atoms with E-state index in [4.69, 9.17) is 0 Å². The first-order valence-corrected chi connectivity index (χ1v) is 11.0. The first-order chi connectivity index (χ1) is 14.9. The van der Waals surface area contributed by atoms with Crippen LogP contribution in [0.4, 0.5) is 0 Å². The van der Waals surface area contributed by atoms with Crippen LogP contribution >= 0.6 is 0 Å². The van der Waals surface area contributed by atoms with Gasteiger partial charge in [-0.3, -0.25) is 0 Å². The smallest absolute Gasteiger partial charge is 0.00268 e. The third-order valence-corrected chi connectivity index (χ3v) is 5.05. The summed E-state index contributed by atoms with van der Waals surface area (Å²) in [5.74, 6) is 0. The van der Waals surface area contributed by atoms with Gasteiger partial charge >= 0.3 is 0 Å². The molecule has 30 heavy (non-hydrogen) atoms. The Labute approximate surface area is 180 Å². The van der Waals surface area contributed by atoms with Crippen LogP contribution in [0.15, 0.2) is 109 Å². The van der Waals surface area contributed by atoms with Gasteiger partial charge in [-0.25, -0.2) is 0 Å². The summed E-state index contributed by atoms with van der Waals surface area (Å²) >= 11 is 0. The van der Waals surface area contributed by atoms with Gasteiger partial charge in [0.2, 0.25) is 0 Å². The molecular weight excluding hydrogens is 360 g/mol. The maximum atomic E-state index is 2.21. The SMILES string of the molecule is CC.CC.c1cc2ccc3cccc4ccc(c1)c2c34.c1ccc2ccccc2c1. The summed E-state index contributed by atoms with van der Waals surface area (Å²) in [6.07, 6.45) is 0. The molecule has 6 aromatic carbocycles. The van der Waals surface area contributed by atoms with Gasteiger partial charge in [0.1, 0.15) is 0 Å². The Balaban J connectivity index is 0.000000158. The van der Waals surface area contributed by atoms with Crippen molar-refractivity contribution in [1.82, 2.24) is 0 Å². The van der Waals surface area contributed by atoms with Crippen molar-refractivity contribution in [2.45, 2.75) is 27.7 Å². The van der Waals surface area contributed by atoms with Crippen LogP contribution in [0.1, 0.15) is 27.7 Å². The lowest BCUT2D eigenvalue weighted by molar-refractivity contribution is 1.50. The Morgan fingerprint density at radius 3 is 0.767 bits per heavy atom. The molecule has 0 heteroatoms. The zero-order valence-electron chi connectivity index (χ0n) is 18.4. The van der Waals surface area contributed by atoms with Crippen molar-refractivity contribution in [1.29, 1.82) is 0 Å². The summed E-state index contributed by atoms with van der Waals surface area (Å²) in [7, 11) is 0. The Morgan fingerprint density at radius 1 is 0.267 bits per heavy atom. The highest BCUT2D eigenvalue weighted by Gasteiger charge is 2.05. The fourth-order valence-corrected chi connectivity index (χ4v) is 3.80. The Hall–Kier alpha value is -3.38. The van der Waals surface area contributed by atoms with E-state index in [0.717, 1.165) is 0 Å². The van der Waals surface area contributed by atoms with Gasteiger partial charge < -0.3 is 0 Å². The van der Waals surface area contributed by atoms with Crippen LogP contribution in [0.2, 0.25) is 0 Å². The molecule has 0 aliphatic rings. The van der Waals surface area contributed by atoms with Crippen LogP contribution in [0.25, 0.3) is 43.1 Å². The predicted molar refractivity (Wildman–Crippen MR) is 137 cm³/mol. The summed E-state index contributed by atoms with van der Waals surface area (Å²) in [6.45, 7) is 8.00. The van der Waals surface area contributed by atoms with Gasteiger partial charge in [-0.1, -0.05) is 137 Å². The highest BCUT2D eigenvalue weighted by atomic mass is 14.1. The summed E-state index contributed by atoms with van der Waals surface area (Å²) < 4.78 is 0. The highest BCUT2D eigenvalue weighted by Crippen LogP contribution is 2.33. The largest absolute Gasteiger partial charge is 0.0683 e. The molecule has 0 atom stereocenters. The molecule has 0 saturated carbocycles. The molecule has 0 aliphatic carbocycles. The van der Waals surface area contributed by atoms with E-state index in [2.05, 4.69) is 109 Å². The summed E-state index contributed by atoms with van der Waals surface area (Å²) in [5, 5.41) is 10.8. The quantitative estimate of drug-likeness (QED) is 0.226. The van der Waals surface area contributed by atoms with Crippen molar-refractivity contribution >= 4 is 43.1 Å². The molecule has 0 aromatic heterocycles. The topological polar surface area (TPSA) is 0 Å². The number of hydrogen-bond donors (Lipinski definition) is 0. The van der Waals surface area contributed by atoms with Crippen molar-refractivity contribution in [3.05, 3.63) is 109 Å². The molecular formula is C30H30. The second kappa shape index (κ2) is 10.4. The van der Waals surface area contributed by atoms with E-state index in [-0.39, 0.29) is 0 Å². The van der Waals surface area contributed by atoms with E-state index < -0.39 is 0 Å². The van der Waals surface area contributed by atoms with Crippen molar-refractivity contribution in [2.24, 2.45) is 0 Å². The molecule has 0 saturated heterocycles. The van der Waals surface area contributed by atoms with E-state index in [0.29, 0.717) is 0 Å². The van der Waals surface area contributed by atoms with Crippen LogP contribution < -0.4 is 0 Å². The minimum absolute atomic E-state index is 1.31.